The average Bonchev–Trinajstić information content (AvgIpc) is 2.26. The maximum atomic E-state index is 11.9. The quantitative estimate of drug-likeness (QED) is 0.607. The predicted molar refractivity (Wildman–Crippen MR) is 71.3 cm³/mol. The van der Waals surface area contributed by atoms with Crippen LogP contribution in [0, 0.1) is 0 Å². The Morgan fingerprint density at radius 3 is 2.28 bits per heavy atom. The number of methoxy groups -OCH3 is 1. The highest BCUT2D eigenvalue weighted by molar-refractivity contribution is 6.07. The second-order valence-electron chi connectivity index (χ2n) is 5.47. The number of rotatable bonds is 4. The van der Waals surface area contributed by atoms with Crippen molar-refractivity contribution in [2.24, 2.45) is 0 Å². The monoisotopic (exact) mass is 248 g/mol. The molecule has 0 fully saturated rings. The van der Waals surface area contributed by atoms with E-state index < -0.39 is 0 Å². The van der Waals surface area contributed by atoms with Gasteiger partial charge in [0.1, 0.15) is 11.5 Å². The van der Waals surface area contributed by atoms with E-state index in [0.717, 1.165) is 11.3 Å². The van der Waals surface area contributed by atoms with Gasteiger partial charge in [-0.1, -0.05) is 20.8 Å². The van der Waals surface area contributed by atoms with Crippen molar-refractivity contribution in [3.8, 4) is 5.75 Å². The maximum absolute atomic E-state index is 11.9. The summed E-state index contributed by atoms with van der Waals surface area (Å²) in [6.07, 6.45) is -0.0457. The maximum Gasteiger partial charge on any atom is 0.170 e. The molecule has 0 spiro atoms. The molecular formula is C15H20O3. The van der Waals surface area contributed by atoms with Crippen LogP contribution in [0.25, 0.3) is 0 Å². The fraction of sp³-hybridized carbons (Fsp3) is 0.467. The van der Waals surface area contributed by atoms with E-state index in [4.69, 9.17) is 4.74 Å². The van der Waals surface area contributed by atoms with Crippen molar-refractivity contribution in [2.45, 2.75) is 39.5 Å². The molecule has 0 aliphatic heterocycles. The van der Waals surface area contributed by atoms with E-state index in [0.29, 0.717) is 5.56 Å². The zero-order valence-electron chi connectivity index (χ0n) is 11.7. The van der Waals surface area contributed by atoms with Gasteiger partial charge in [0, 0.05) is 11.1 Å². The first-order valence-electron chi connectivity index (χ1n) is 5.97. The van der Waals surface area contributed by atoms with Crippen LogP contribution < -0.4 is 4.74 Å². The molecule has 0 radical (unpaired) electrons. The van der Waals surface area contributed by atoms with E-state index in [-0.39, 0.29) is 23.4 Å². The van der Waals surface area contributed by atoms with Crippen LogP contribution in [0.4, 0.5) is 0 Å². The van der Waals surface area contributed by atoms with Crippen molar-refractivity contribution in [1.29, 1.82) is 0 Å². The molecule has 0 unspecified atom stereocenters. The molecule has 0 aliphatic carbocycles. The van der Waals surface area contributed by atoms with Gasteiger partial charge in [-0.25, -0.2) is 0 Å². The van der Waals surface area contributed by atoms with Crippen LogP contribution in [0.3, 0.4) is 0 Å². The summed E-state index contributed by atoms with van der Waals surface area (Å²) in [5, 5.41) is 0. The molecular weight excluding hydrogens is 228 g/mol. The summed E-state index contributed by atoms with van der Waals surface area (Å²) in [7, 11) is 1.61. The van der Waals surface area contributed by atoms with Gasteiger partial charge in [0.2, 0.25) is 0 Å². The summed E-state index contributed by atoms with van der Waals surface area (Å²) < 4.78 is 5.31. The van der Waals surface area contributed by atoms with Crippen molar-refractivity contribution >= 4 is 11.6 Å². The number of ether oxygens (including phenoxy) is 1. The van der Waals surface area contributed by atoms with Crippen LogP contribution in [0.5, 0.6) is 5.75 Å². The minimum absolute atomic E-state index is 0.0457. The summed E-state index contributed by atoms with van der Waals surface area (Å²) >= 11 is 0. The molecule has 0 bridgehead atoms. The van der Waals surface area contributed by atoms with E-state index >= 15 is 0 Å². The van der Waals surface area contributed by atoms with Crippen LogP contribution in [-0.4, -0.2) is 18.7 Å². The Hall–Kier alpha value is -1.64. The molecule has 1 rings (SSSR count). The first kappa shape index (κ1) is 14.4. The van der Waals surface area contributed by atoms with Crippen LogP contribution in [-0.2, 0) is 10.2 Å². The molecule has 3 nitrogen and oxygen atoms in total. The average molecular weight is 248 g/mol. The second-order valence-corrected chi connectivity index (χ2v) is 5.47. The Labute approximate surface area is 108 Å². The molecule has 0 amide bonds. The number of carbonyl (C=O) groups is 2. The molecule has 1 aromatic rings. The zero-order valence-corrected chi connectivity index (χ0v) is 11.7. The second kappa shape index (κ2) is 5.34. The van der Waals surface area contributed by atoms with Crippen molar-refractivity contribution in [3.05, 3.63) is 29.3 Å². The van der Waals surface area contributed by atoms with Gasteiger partial charge in [-0.05, 0) is 30.5 Å². The summed E-state index contributed by atoms with van der Waals surface area (Å²) in [5.74, 6) is 0.505. The van der Waals surface area contributed by atoms with Crippen molar-refractivity contribution in [2.75, 3.05) is 7.11 Å². The van der Waals surface area contributed by atoms with Crippen molar-refractivity contribution in [1.82, 2.24) is 0 Å². The number of Topliss-reactive ketones (excluding diaryl/α,β-unsaturated/α-hetero) is 2. The first-order valence-corrected chi connectivity index (χ1v) is 5.97. The lowest BCUT2D eigenvalue weighted by molar-refractivity contribution is -0.116. The number of ketones is 2. The first-order chi connectivity index (χ1) is 8.25. The lowest BCUT2D eigenvalue weighted by atomic mass is 9.84. The van der Waals surface area contributed by atoms with Gasteiger partial charge in [-0.2, -0.15) is 0 Å². The summed E-state index contributed by atoms with van der Waals surface area (Å²) in [4.78, 5) is 22.9. The van der Waals surface area contributed by atoms with Crippen LogP contribution in [0.2, 0.25) is 0 Å². The van der Waals surface area contributed by atoms with Gasteiger partial charge in [-0.3, -0.25) is 9.59 Å². The van der Waals surface area contributed by atoms with E-state index in [1.54, 1.807) is 19.2 Å². The Kier molecular flexibility index (Phi) is 4.28. The summed E-state index contributed by atoms with van der Waals surface area (Å²) in [6.45, 7) is 7.60. The van der Waals surface area contributed by atoms with E-state index in [2.05, 4.69) is 20.8 Å². The summed E-state index contributed by atoms with van der Waals surface area (Å²) in [5.41, 5.74) is 1.42. The fourth-order valence-corrected chi connectivity index (χ4v) is 1.80. The molecule has 0 saturated heterocycles. The fourth-order valence-electron chi connectivity index (χ4n) is 1.80. The molecule has 3 heteroatoms. The zero-order chi connectivity index (χ0) is 13.9. The summed E-state index contributed by atoms with van der Waals surface area (Å²) in [6, 6.07) is 5.32. The van der Waals surface area contributed by atoms with E-state index in [1.807, 2.05) is 6.07 Å². The smallest absolute Gasteiger partial charge is 0.170 e. The van der Waals surface area contributed by atoms with Crippen LogP contribution >= 0.6 is 0 Å². The lowest BCUT2D eigenvalue weighted by Gasteiger charge is -2.22. The van der Waals surface area contributed by atoms with Crippen molar-refractivity contribution < 1.29 is 14.3 Å². The van der Waals surface area contributed by atoms with Gasteiger partial charge in [0.05, 0.1) is 13.5 Å². The van der Waals surface area contributed by atoms with Crippen molar-refractivity contribution in [3.63, 3.8) is 0 Å². The topological polar surface area (TPSA) is 43.4 Å². The highest BCUT2D eigenvalue weighted by Crippen LogP contribution is 2.32. The highest BCUT2D eigenvalue weighted by atomic mass is 16.5. The van der Waals surface area contributed by atoms with Crippen LogP contribution in [0.1, 0.15) is 50.0 Å². The molecule has 1 aromatic carbocycles. The Balaban J connectivity index is 3.19. The lowest BCUT2D eigenvalue weighted by Crippen LogP contribution is -2.14. The third-order valence-electron chi connectivity index (χ3n) is 2.74. The standard InChI is InChI=1S/C15H20O3/c1-10(16)8-13(17)11-6-7-14(18-5)12(9-11)15(2,3)4/h6-7,9H,8H2,1-5H3. The normalized spacial score (nSPS) is 11.2. The number of hydrogen-bond acceptors (Lipinski definition) is 3. The Bertz CT molecular complexity index is 467. The Morgan fingerprint density at radius 1 is 1.22 bits per heavy atom. The van der Waals surface area contributed by atoms with Gasteiger partial charge in [-0.15, -0.1) is 0 Å². The minimum atomic E-state index is -0.143. The largest absolute Gasteiger partial charge is 0.496 e. The third-order valence-corrected chi connectivity index (χ3v) is 2.74. The molecule has 0 atom stereocenters. The number of benzene rings is 1. The number of hydrogen-bond donors (Lipinski definition) is 0. The molecule has 0 aliphatic rings. The SMILES string of the molecule is COc1ccc(C(=O)CC(C)=O)cc1C(C)(C)C. The van der Waals surface area contributed by atoms with E-state index in [9.17, 15) is 9.59 Å². The third kappa shape index (κ3) is 3.42. The molecule has 98 valence electrons. The number of carbonyl (C=O) groups excluding carboxylic acids is 2. The molecule has 0 N–H and O–H groups in total. The van der Waals surface area contributed by atoms with Gasteiger partial charge in [0.25, 0.3) is 0 Å². The van der Waals surface area contributed by atoms with Gasteiger partial charge < -0.3 is 4.74 Å². The minimum Gasteiger partial charge on any atom is -0.496 e. The van der Waals surface area contributed by atoms with E-state index in [1.165, 1.54) is 6.92 Å². The molecule has 18 heavy (non-hydrogen) atoms. The van der Waals surface area contributed by atoms with Gasteiger partial charge >= 0.3 is 0 Å². The molecule has 0 heterocycles. The predicted octanol–water partition coefficient (Wildman–Crippen LogP) is 3.15. The Morgan fingerprint density at radius 2 is 1.83 bits per heavy atom. The highest BCUT2D eigenvalue weighted by Gasteiger charge is 2.21. The van der Waals surface area contributed by atoms with Gasteiger partial charge in [0.15, 0.2) is 5.78 Å². The molecule has 0 aromatic heterocycles. The van der Waals surface area contributed by atoms with Crippen LogP contribution in [0.15, 0.2) is 18.2 Å². The molecule has 0 saturated carbocycles.